The van der Waals surface area contributed by atoms with E-state index in [1.807, 2.05) is 0 Å². The summed E-state index contributed by atoms with van der Waals surface area (Å²) >= 11 is 4.48. The highest BCUT2D eigenvalue weighted by molar-refractivity contribution is 7.80. The van der Waals surface area contributed by atoms with E-state index in [1.54, 1.807) is 0 Å². The molecule has 0 amide bonds. The molecule has 0 aromatic heterocycles. The van der Waals surface area contributed by atoms with Crippen molar-refractivity contribution >= 4 is 24.8 Å². The second kappa shape index (κ2) is 5.49. The molecule has 0 aliphatic heterocycles. The predicted octanol–water partition coefficient (Wildman–Crippen LogP) is 5.24. The molecule has 1 aliphatic rings. The average Bonchev–Trinajstić information content (AvgIpc) is 2.57. The van der Waals surface area contributed by atoms with Gasteiger partial charge in [-0.3, -0.25) is 0 Å². The van der Waals surface area contributed by atoms with Gasteiger partial charge in [0.1, 0.15) is 0 Å². The van der Waals surface area contributed by atoms with E-state index in [2.05, 4.69) is 75.0 Å². The molecule has 0 nitrogen and oxygen atoms in total. The molecule has 0 atom stereocenters. The summed E-state index contributed by atoms with van der Waals surface area (Å²) in [6, 6.07) is 13.6. The average molecular weight is 280 g/mol. The standard InChI is InChI=1S/C19H20S/c1-13-3-5-15-7-8-16-6-4-14(2)12-19(16)17(9-10-20)18(15)11-13/h3-8,11-12,17,20H,9-10H2,1-2H3. The van der Waals surface area contributed by atoms with Crippen LogP contribution in [0.5, 0.6) is 0 Å². The van der Waals surface area contributed by atoms with Crippen molar-refractivity contribution in [2.75, 3.05) is 5.75 Å². The van der Waals surface area contributed by atoms with Gasteiger partial charge in [-0.25, -0.2) is 0 Å². The maximum absolute atomic E-state index is 4.48. The highest BCUT2D eigenvalue weighted by atomic mass is 32.1. The van der Waals surface area contributed by atoms with Gasteiger partial charge in [0.15, 0.2) is 0 Å². The molecule has 0 fully saturated rings. The van der Waals surface area contributed by atoms with Crippen LogP contribution in [-0.2, 0) is 0 Å². The van der Waals surface area contributed by atoms with Crippen LogP contribution < -0.4 is 0 Å². The molecule has 2 aromatic carbocycles. The molecule has 0 saturated heterocycles. The molecule has 0 unspecified atom stereocenters. The van der Waals surface area contributed by atoms with Crippen molar-refractivity contribution in [3.63, 3.8) is 0 Å². The second-order valence-electron chi connectivity index (χ2n) is 5.66. The van der Waals surface area contributed by atoms with E-state index < -0.39 is 0 Å². The normalized spacial score (nSPS) is 13.8. The minimum absolute atomic E-state index is 0.451. The first kappa shape index (κ1) is 13.5. The molecular formula is C19H20S. The van der Waals surface area contributed by atoms with E-state index in [0.29, 0.717) is 5.92 Å². The van der Waals surface area contributed by atoms with Crippen molar-refractivity contribution in [2.45, 2.75) is 26.2 Å². The van der Waals surface area contributed by atoms with E-state index in [0.717, 1.165) is 12.2 Å². The molecule has 20 heavy (non-hydrogen) atoms. The van der Waals surface area contributed by atoms with Gasteiger partial charge in [-0.05, 0) is 48.3 Å². The fourth-order valence-corrected chi connectivity index (χ4v) is 3.34. The number of rotatable bonds is 2. The topological polar surface area (TPSA) is 0 Å². The van der Waals surface area contributed by atoms with Crippen LogP contribution in [0.15, 0.2) is 36.4 Å². The van der Waals surface area contributed by atoms with Gasteiger partial charge < -0.3 is 0 Å². The zero-order chi connectivity index (χ0) is 14.1. The zero-order valence-corrected chi connectivity index (χ0v) is 13.0. The smallest absolute Gasteiger partial charge is 0.0109 e. The Kier molecular flexibility index (Phi) is 3.71. The largest absolute Gasteiger partial charge is 0.179 e. The summed E-state index contributed by atoms with van der Waals surface area (Å²) in [6.45, 7) is 4.34. The van der Waals surface area contributed by atoms with E-state index in [9.17, 15) is 0 Å². The molecule has 2 aromatic rings. The first-order valence-electron chi connectivity index (χ1n) is 7.19. The van der Waals surface area contributed by atoms with Crippen LogP contribution >= 0.6 is 12.6 Å². The number of hydrogen-bond donors (Lipinski definition) is 1. The van der Waals surface area contributed by atoms with Crippen LogP contribution in [0.3, 0.4) is 0 Å². The Morgan fingerprint density at radius 3 is 1.80 bits per heavy atom. The minimum atomic E-state index is 0.451. The first-order valence-corrected chi connectivity index (χ1v) is 7.82. The SMILES string of the molecule is Cc1ccc2c(c1)C(CCS)c1cc(C)ccc1C=C2. The third-order valence-electron chi connectivity index (χ3n) is 4.10. The fraction of sp³-hybridized carbons (Fsp3) is 0.263. The third-order valence-corrected chi connectivity index (χ3v) is 4.35. The van der Waals surface area contributed by atoms with Gasteiger partial charge in [-0.15, -0.1) is 0 Å². The molecule has 0 spiro atoms. The van der Waals surface area contributed by atoms with Crippen molar-refractivity contribution < 1.29 is 0 Å². The predicted molar refractivity (Wildman–Crippen MR) is 91.6 cm³/mol. The van der Waals surface area contributed by atoms with Gasteiger partial charge in [0, 0.05) is 5.92 Å². The van der Waals surface area contributed by atoms with Gasteiger partial charge in [0.2, 0.25) is 0 Å². The van der Waals surface area contributed by atoms with Crippen molar-refractivity contribution in [3.8, 4) is 0 Å². The summed E-state index contributed by atoms with van der Waals surface area (Å²) in [5.41, 5.74) is 8.24. The lowest BCUT2D eigenvalue weighted by molar-refractivity contribution is 0.783. The van der Waals surface area contributed by atoms with Crippen molar-refractivity contribution in [1.82, 2.24) is 0 Å². The van der Waals surface area contributed by atoms with Crippen LogP contribution in [0.2, 0.25) is 0 Å². The van der Waals surface area contributed by atoms with Crippen LogP contribution in [-0.4, -0.2) is 5.75 Å². The summed E-state index contributed by atoms with van der Waals surface area (Å²) in [4.78, 5) is 0. The van der Waals surface area contributed by atoms with Gasteiger partial charge in [0.05, 0.1) is 0 Å². The Labute approximate surface area is 127 Å². The number of thiol groups is 1. The number of aryl methyl sites for hydroxylation is 2. The minimum Gasteiger partial charge on any atom is -0.179 e. The summed E-state index contributed by atoms with van der Waals surface area (Å²) in [5.74, 6) is 1.36. The number of hydrogen-bond acceptors (Lipinski definition) is 1. The van der Waals surface area contributed by atoms with Crippen LogP contribution in [0.25, 0.3) is 12.2 Å². The van der Waals surface area contributed by atoms with Gasteiger partial charge >= 0.3 is 0 Å². The van der Waals surface area contributed by atoms with Crippen molar-refractivity contribution in [2.24, 2.45) is 0 Å². The quantitative estimate of drug-likeness (QED) is 0.715. The molecule has 0 N–H and O–H groups in total. The lowest BCUT2D eigenvalue weighted by Gasteiger charge is -2.20. The third kappa shape index (κ3) is 2.43. The first-order chi connectivity index (χ1) is 9.69. The molecule has 0 saturated carbocycles. The fourth-order valence-electron chi connectivity index (χ4n) is 3.08. The molecule has 0 radical (unpaired) electrons. The zero-order valence-electron chi connectivity index (χ0n) is 12.1. The lowest BCUT2D eigenvalue weighted by Crippen LogP contribution is -2.05. The second-order valence-corrected chi connectivity index (χ2v) is 6.11. The molecule has 0 bridgehead atoms. The highest BCUT2D eigenvalue weighted by Crippen LogP contribution is 2.37. The summed E-state index contributed by atoms with van der Waals surface area (Å²) in [7, 11) is 0. The Bertz CT molecular complexity index is 612. The van der Waals surface area contributed by atoms with Gasteiger partial charge in [0.25, 0.3) is 0 Å². The molecule has 102 valence electrons. The van der Waals surface area contributed by atoms with Crippen molar-refractivity contribution in [3.05, 3.63) is 69.8 Å². The monoisotopic (exact) mass is 280 g/mol. The van der Waals surface area contributed by atoms with E-state index in [4.69, 9.17) is 0 Å². The summed E-state index contributed by atoms with van der Waals surface area (Å²) < 4.78 is 0. The Hall–Kier alpha value is -1.47. The molecule has 0 heterocycles. The van der Waals surface area contributed by atoms with Crippen molar-refractivity contribution in [1.29, 1.82) is 0 Å². The highest BCUT2D eigenvalue weighted by Gasteiger charge is 2.21. The number of benzene rings is 2. The lowest BCUT2D eigenvalue weighted by atomic mass is 9.84. The van der Waals surface area contributed by atoms with E-state index in [-0.39, 0.29) is 0 Å². The Balaban J connectivity index is 2.23. The van der Waals surface area contributed by atoms with Gasteiger partial charge in [-0.2, -0.15) is 12.6 Å². The van der Waals surface area contributed by atoms with Crippen LogP contribution in [0.4, 0.5) is 0 Å². The van der Waals surface area contributed by atoms with Crippen LogP contribution in [0.1, 0.15) is 45.7 Å². The molecule has 1 aliphatic carbocycles. The molecular weight excluding hydrogens is 260 g/mol. The maximum Gasteiger partial charge on any atom is 0.0109 e. The van der Waals surface area contributed by atoms with E-state index >= 15 is 0 Å². The maximum atomic E-state index is 4.48. The van der Waals surface area contributed by atoms with Gasteiger partial charge in [-0.1, -0.05) is 59.7 Å². The Morgan fingerprint density at radius 1 is 0.850 bits per heavy atom. The summed E-state index contributed by atoms with van der Waals surface area (Å²) in [5, 5.41) is 0. The number of fused-ring (bicyclic) bond motifs is 2. The van der Waals surface area contributed by atoms with E-state index in [1.165, 1.54) is 33.4 Å². The molecule has 1 heteroatoms. The molecule has 3 rings (SSSR count). The Morgan fingerprint density at radius 2 is 1.35 bits per heavy atom. The summed E-state index contributed by atoms with van der Waals surface area (Å²) in [6.07, 6.45) is 5.58. The van der Waals surface area contributed by atoms with Crippen LogP contribution in [0, 0.1) is 13.8 Å².